The maximum Gasteiger partial charge on any atom is 0.271 e. The molecule has 12 nitrogen and oxygen atoms in total. The molecule has 0 saturated carbocycles. The van der Waals surface area contributed by atoms with Gasteiger partial charge in [-0.3, -0.25) is 24.5 Å². The van der Waals surface area contributed by atoms with Crippen LogP contribution in [0.5, 0.6) is 23.0 Å². The number of hydroxylamine groups is 1. The molecule has 0 aromatic heterocycles. The number of anilines is 2. The monoisotopic (exact) mass is 549 g/mol. The van der Waals surface area contributed by atoms with E-state index in [0.717, 1.165) is 4.90 Å². The predicted molar refractivity (Wildman–Crippen MR) is 143 cm³/mol. The van der Waals surface area contributed by atoms with Gasteiger partial charge in [-0.15, -0.1) is 0 Å². The van der Waals surface area contributed by atoms with Gasteiger partial charge in [-0.2, -0.15) is 0 Å². The molecule has 0 spiro atoms. The predicted octanol–water partition coefficient (Wildman–Crippen LogP) is 4.07. The van der Waals surface area contributed by atoms with Gasteiger partial charge < -0.3 is 18.9 Å². The van der Waals surface area contributed by atoms with Crippen molar-refractivity contribution in [2.45, 2.75) is 19.1 Å². The first kappa shape index (κ1) is 26.8. The van der Waals surface area contributed by atoms with Crippen LogP contribution in [-0.2, 0) is 14.4 Å². The minimum absolute atomic E-state index is 0.178. The van der Waals surface area contributed by atoms with Crippen LogP contribution in [0.15, 0.2) is 60.7 Å². The number of fused-ring (bicyclic) bond motifs is 1. The van der Waals surface area contributed by atoms with Crippen LogP contribution in [0.1, 0.15) is 18.5 Å². The third-order valence-corrected chi connectivity index (χ3v) is 6.85. The lowest BCUT2D eigenvalue weighted by molar-refractivity contribution is -0.384. The van der Waals surface area contributed by atoms with Gasteiger partial charge in [0.25, 0.3) is 11.6 Å². The molecular weight excluding hydrogens is 522 g/mol. The lowest BCUT2D eigenvalue weighted by atomic mass is 9.89. The fourth-order valence-electron chi connectivity index (χ4n) is 5.19. The van der Waals surface area contributed by atoms with E-state index in [2.05, 4.69) is 0 Å². The number of carbonyl (C=O) groups excluding carboxylic acids is 2. The van der Waals surface area contributed by atoms with Gasteiger partial charge >= 0.3 is 0 Å². The molecule has 208 valence electrons. The van der Waals surface area contributed by atoms with Crippen molar-refractivity contribution in [2.75, 3.05) is 37.9 Å². The highest BCUT2D eigenvalue weighted by Crippen LogP contribution is 2.53. The van der Waals surface area contributed by atoms with Crippen molar-refractivity contribution in [2.24, 2.45) is 5.92 Å². The summed E-state index contributed by atoms with van der Waals surface area (Å²) in [5.74, 6) is -0.640. The van der Waals surface area contributed by atoms with Gasteiger partial charge in [0.05, 0.1) is 44.2 Å². The first-order chi connectivity index (χ1) is 19.3. The Morgan fingerprint density at radius 1 is 0.900 bits per heavy atom. The average Bonchev–Trinajstić information content (AvgIpc) is 3.47. The zero-order chi connectivity index (χ0) is 28.6. The van der Waals surface area contributed by atoms with Crippen LogP contribution in [0.25, 0.3) is 0 Å². The van der Waals surface area contributed by atoms with E-state index >= 15 is 0 Å². The summed E-state index contributed by atoms with van der Waals surface area (Å²) in [7, 11) is 4.38. The molecule has 12 heteroatoms. The largest absolute Gasteiger partial charge is 0.494 e. The highest BCUT2D eigenvalue weighted by atomic mass is 16.7. The number of nitro benzene ring substituents is 1. The van der Waals surface area contributed by atoms with Crippen molar-refractivity contribution < 1.29 is 38.3 Å². The maximum absolute atomic E-state index is 14.0. The average molecular weight is 550 g/mol. The molecule has 0 N–H and O–H groups in total. The number of nitrogens with zero attached hydrogens (tertiary/aromatic N) is 3. The summed E-state index contributed by atoms with van der Waals surface area (Å²) in [4.78, 5) is 46.0. The van der Waals surface area contributed by atoms with Crippen molar-refractivity contribution in [3.05, 3.63) is 76.3 Å². The van der Waals surface area contributed by atoms with E-state index in [-0.39, 0.29) is 22.9 Å². The summed E-state index contributed by atoms with van der Waals surface area (Å²) < 4.78 is 22.2. The molecule has 0 unspecified atom stereocenters. The Morgan fingerprint density at radius 3 is 2.30 bits per heavy atom. The second kappa shape index (κ2) is 10.7. The van der Waals surface area contributed by atoms with Crippen molar-refractivity contribution in [3.63, 3.8) is 0 Å². The van der Waals surface area contributed by atoms with Crippen molar-refractivity contribution in [3.8, 4) is 23.0 Å². The molecule has 0 radical (unpaired) electrons. The number of ether oxygens (including phenoxy) is 4. The summed E-state index contributed by atoms with van der Waals surface area (Å²) in [6.07, 6.45) is -1.20. The van der Waals surface area contributed by atoms with E-state index in [0.29, 0.717) is 29.4 Å². The molecule has 2 fully saturated rings. The lowest BCUT2D eigenvalue weighted by Crippen LogP contribution is -2.37. The van der Waals surface area contributed by atoms with E-state index in [1.54, 1.807) is 42.5 Å². The summed E-state index contributed by atoms with van der Waals surface area (Å²) in [5.41, 5.74) is 0.920. The summed E-state index contributed by atoms with van der Waals surface area (Å²) in [6, 6.07) is 14.9. The van der Waals surface area contributed by atoms with Crippen LogP contribution in [0, 0.1) is 16.0 Å². The summed E-state index contributed by atoms with van der Waals surface area (Å²) >= 11 is 0. The van der Waals surface area contributed by atoms with Crippen molar-refractivity contribution in [1.29, 1.82) is 0 Å². The summed E-state index contributed by atoms with van der Waals surface area (Å²) in [5, 5.41) is 12.9. The Balaban J connectivity index is 1.66. The second-order valence-electron chi connectivity index (χ2n) is 8.97. The number of imide groups is 1. The smallest absolute Gasteiger partial charge is 0.271 e. The van der Waals surface area contributed by atoms with Crippen LogP contribution < -0.4 is 28.9 Å². The third-order valence-electron chi connectivity index (χ3n) is 6.85. The standard InChI is InChI=1S/C28H27N3O9/c1-5-39-19-11-7-8-16(15-19)29-27(32)22-23(20-12-13-21(36-2)25(38-4)24(20)37-3)30(40-26(22)28(29)33)17-9-6-10-18(14-17)31(34)35/h6-15,22-23,26H,5H2,1-4H3/t22-,23+,26-/m1/s1. The first-order valence-electron chi connectivity index (χ1n) is 12.4. The number of hydrogen-bond acceptors (Lipinski definition) is 10. The molecule has 0 bridgehead atoms. The molecule has 0 aliphatic carbocycles. The van der Waals surface area contributed by atoms with Gasteiger partial charge in [0.2, 0.25) is 11.7 Å². The van der Waals surface area contributed by atoms with Crippen LogP contribution in [0.4, 0.5) is 17.1 Å². The zero-order valence-corrected chi connectivity index (χ0v) is 22.2. The normalized spacial score (nSPS) is 19.9. The quantitative estimate of drug-likeness (QED) is 0.219. The van der Waals surface area contributed by atoms with E-state index < -0.39 is 34.8 Å². The molecule has 3 aromatic rings. The second-order valence-corrected chi connectivity index (χ2v) is 8.97. The highest BCUT2D eigenvalue weighted by Gasteiger charge is 2.61. The molecule has 2 aliphatic heterocycles. The molecule has 3 atom stereocenters. The number of non-ortho nitro benzene ring substituents is 1. The van der Waals surface area contributed by atoms with Crippen LogP contribution in [0.3, 0.4) is 0 Å². The van der Waals surface area contributed by atoms with E-state index in [9.17, 15) is 19.7 Å². The fraction of sp³-hybridized carbons (Fsp3) is 0.286. The SMILES string of the molecule is CCOc1cccc(N2C(=O)[C@H]3[C@@H](ON(c4cccc([N+](=O)[O-])c4)[C@H]3c3ccc(OC)c(OC)c3OC)C2=O)c1. The van der Waals surface area contributed by atoms with Gasteiger partial charge in [0, 0.05) is 23.8 Å². The Morgan fingerprint density at radius 2 is 1.62 bits per heavy atom. The van der Waals surface area contributed by atoms with Crippen LogP contribution >= 0.6 is 0 Å². The van der Waals surface area contributed by atoms with E-state index in [1.807, 2.05) is 6.92 Å². The van der Waals surface area contributed by atoms with Crippen molar-refractivity contribution >= 4 is 28.9 Å². The number of amides is 2. The van der Waals surface area contributed by atoms with E-state index in [4.69, 9.17) is 23.8 Å². The number of nitro groups is 1. The Kier molecular flexibility index (Phi) is 7.18. The maximum atomic E-state index is 14.0. The number of methoxy groups -OCH3 is 3. The molecule has 3 aromatic carbocycles. The molecule has 5 rings (SSSR count). The first-order valence-corrected chi connectivity index (χ1v) is 12.4. The molecule has 2 amide bonds. The fourth-order valence-corrected chi connectivity index (χ4v) is 5.19. The number of benzene rings is 3. The van der Waals surface area contributed by atoms with Gasteiger partial charge in [0.15, 0.2) is 17.6 Å². The van der Waals surface area contributed by atoms with Gasteiger partial charge in [-0.25, -0.2) is 9.96 Å². The topological polar surface area (TPSA) is 130 Å². The molecule has 2 heterocycles. The van der Waals surface area contributed by atoms with Crippen LogP contribution in [0.2, 0.25) is 0 Å². The zero-order valence-electron chi connectivity index (χ0n) is 22.2. The minimum Gasteiger partial charge on any atom is -0.494 e. The van der Waals surface area contributed by atoms with Crippen LogP contribution in [-0.4, -0.2) is 50.8 Å². The van der Waals surface area contributed by atoms with E-state index in [1.165, 1.54) is 44.6 Å². The van der Waals surface area contributed by atoms with Gasteiger partial charge in [-0.1, -0.05) is 12.1 Å². The lowest BCUT2D eigenvalue weighted by Gasteiger charge is -2.30. The number of rotatable bonds is 9. The third kappa shape index (κ3) is 4.31. The Bertz CT molecular complexity index is 1480. The van der Waals surface area contributed by atoms with Gasteiger partial charge in [0.1, 0.15) is 17.7 Å². The summed E-state index contributed by atoms with van der Waals surface area (Å²) in [6.45, 7) is 2.25. The number of hydrogen-bond donors (Lipinski definition) is 0. The molecular formula is C28H27N3O9. The molecule has 2 aliphatic rings. The van der Waals surface area contributed by atoms with Crippen molar-refractivity contribution in [1.82, 2.24) is 0 Å². The number of carbonyl (C=O) groups is 2. The molecule has 40 heavy (non-hydrogen) atoms. The molecule has 2 saturated heterocycles. The highest BCUT2D eigenvalue weighted by molar-refractivity contribution is 6.24. The Hall–Kier alpha value is -4.84. The minimum atomic E-state index is -1.20. The van der Waals surface area contributed by atoms with Gasteiger partial charge in [-0.05, 0) is 37.3 Å². The Labute approximate surface area is 229 Å².